The molecule has 1 unspecified atom stereocenters. The molecule has 1 saturated heterocycles. The van der Waals surface area contributed by atoms with E-state index in [9.17, 15) is 4.79 Å². The van der Waals surface area contributed by atoms with Crippen LogP contribution in [0.3, 0.4) is 0 Å². The molecule has 1 atom stereocenters. The van der Waals surface area contributed by atoms with Gasteiger partial charge in [0, 0.05) is 56.1 Å². The molecule has 1 aromatic rings. The van der Waals surface area contributed by atoms with Gasteiger partial charge in [-0.3, -0.25) is 9.88 Å². The lowest BCUT2D eigenvalue weighted by molar-refractivity contribution is 0.128. The fourth-order valence-corrected chi connectivity index (χ4v) is 4.30. The number of hydrogen-bond donors (Lipinski definition) is 1. The lowest BCUT2D eigenvalue weighted by atomic mass is 10.0. The highest BCUT2D eigenvalue weighted by atomic mass is 16.5. The lowest BCUT2D eigenvalue weighted by Gasteiger charge is -2.37. The van der Waals surface area contributed by atoms with Crippen LogP contribution >= 0.6 is 0 Å². The van der Waals surface area contributed by atoms with Gasteiger partial charge in [0.05, 0.1) is 12.8 Å². The number of rotatable bonds is 7. The van der Waals surface area contributed by atoms with E-state index >= 15 is 0 Å². The van der Waals surface area contributed by atoms with Crippen LogP contribution in [0.1, 0.15) is 55.8 Å². The van der Waals surface area contributed by atoms with Crippen molar-refractivity contribution in [3.05, 3.63) is 23.0 Å². The van der Waals surface area contributed by atoms with Gasteiger partial charge in [-0.25, -0.2) is 4.79 Å². The smallest absolute Gasteiger partial charge is 0.317 e. The summed E-state index contributed by atoms with van der Waals surface area (Å²) >= 11 is 0. The fourth-order valence-electron chi connectivity index (χ4n) is 4.30. The second-order valence-corrected chi connectivity index (χ2v) is 8.69. The zero-order valence-corrected chi connectivity index (χ0v) is 18.1. The maximum Gasteiger partial charge on any atom is 0.317 e. The number of amides is 2. The number of nitrogens with one attached hydrogen (secondary N) is 1. The maximum absolute atomic E-state index is 12.6. The molecular formula is C22H36N4O2. The van der Waals surface area contributed by atoms with Crippen LogP contribution in [0, 0.1) is 19.8 Å². The van der Waals surface area contributed by atoms with E-state index in [-0.39, 0.29) is 12.1 Å². The van der Waals surface area contributed by atoms with Gasteiger partial charge in [-0.15, -0.1) is 0 Å². The second-order valence-electron chi connectivity index (χ2n) is 8.69. The number of carbonyl (C=O) groups excluding carboxylic acids is 1. The Morgan fingerprint density at radius 1 is 1.32 bits per heavy atom. The first kappa shape index (κ1) is 20.9. The first-order chi connectivity index (χ1) is 13.4. The van der Waals surface area contributed by atoms with Gasteiger partial charge in [0.1, 0.15) is 5.75 Å². The highest BCUT2D eigenvalue weighted by molar-refractivity contribution is 5.74. The van der Waals surface area contributed by atoms with Crippen molar-refractivity contribution < 1.29 is 9.53 Å². The molecule has 0 spiro atoms. The van der Waals surface area contributed by atoms with Crippen LogP contribution in [0.25, 0.3) is 0 Å². The molecule has 2 amide bonds. The number of ether oxygens (including phenoxy) is 1. The van der Waals surface area contributed by atoms with E-state index in [4.69, 9.17) is 4.74 Å². The molecular weight excluding hydrogens is 352 g/mol. The number of pyridine rings is 1. The van der Waals surface area contributed by atoms with E-state index in [0.717, 1.165) is 67.4 Å². The van der Waals surface area contributed by atoms with Crippen molar-refractivity contribution in [2.24, 2.45) is 5.92 Å². The Balaban J connectivity index is 1.48. The van der Waals surface area contributed by atoms with E-state index in [1.165, 1.54) is 12.8 Å². The molecule has 0 bridgehead atoms. The summed E-state index contributed by atoms with van der Waals surface area (Å²) in [7, 11) is 3.66. The van der Waals surface area contributed by atoms with E-state index in [1.54, 1.807) is 7.11 Å². The molecule has 156 valence electrons. The molecule has 1 N–H and O–H groups in total. The average Bonchev–Trinajstić information content (AvgIpc) is 3.48. The van der Waals surface area contributed by atoms with Crippen LogP contribution in [0.2, 0.25) is 0 Å². The standard InChI is InChI=1S/C22H36N4O2/c1-15-13-23-20(17(3)21(15)28-5)14-26-10-8-19(9-11-26)25(4)22(27)24-16(2)12-18-6-7-18/h13,16,18-19H,6-12,14H2,1-5H3,(H,24,27). The molecule has 3 rings (SSSR count). The molecule has 2 fully saturated rings. The highest BCUT2D eigenvalue weighted by Gasteiger charge is 2.28. The van der Waals surface area contributed by atoms with Gasteiger partial charge in [-0.2, -0.15) is 0 Å². The van der Waals surface area contributed by atoms with Gasteiger partial charge in [-0.05, 0) is 46.0 Å². The minimum Gasteiger partial charge on any atom is -0.496 e. The summed E-state index contributed by atoms with van der Waals surface area (Å²) in [4.78, 5) is 21.5. The monoisotopic (exact) mass is 388 g/mol. The molecule has 0 aromatic carbocycles. The van der Waals surface area contributed by atoms with E-state index < -0.39 is 0 Å². The third-order valence-corrected chi connectivity index (χ3v) is 6.30. The van der Waals surface area contributed by atoms with Crippen molar-refractivity contribution in [1.82, 2.24) is 20.1 Å². The molecule has 28 heavy (non-hydrogen) atoms. The fraction of sp³-hybridized carbons (Fsp3) is 0.727. The summed E-state index contributed by atoms with van der Waals surface area (Å²) in [6, 6.07) is 0.659. The third kappa shape index (κ3) is 5.16. The molecule has 1 saturated carbocycles. The predicted octanol–water partition coefficient (Wildman–Crippen LogP) is 3.50. The Morgan fingerprint density at radius 3 is 2.61 bits per heavy atom. The van der Waals surface area contributed by atoms with Gasteiger partial charge < -0.3 is 15.0 Å². The van der Waals surface area contributed by atoms with E-state index in [2.05, 4.69) is 29.0 Å². The quantitative estimate of drug-likeness (QED) is 0.777. The van der Waals surface area contributed by atoms with Gasteiger partial charge in [0.15, 0.2) is 0 Å². The van der Waals surface area contributed by atoms with Gasteiger partial charge in [0.25, 0.3) is 0 Å². The Kier molecular flexibility index (Phi) is 6.81. The summed E-state index contributed by atoms with van der Waals surface area (Å²) in [5.41, 5.74) is 3.29. The van der Waals surface area contributed by atoms with Crippen molar-refractivity contribution in [3.8, 4) is 5.75 Å². The van der Waals surface area contributed by atoms with Gasteiger partial charge in [-0.1, -0.05) is 12.8 Å². The number of hydrogen-bond acceptors (Lipinski definition) is 4. The molecule has 2 aliphatic rings. The molecule has 6 heteroatoms. The Hall–Kier alpha value is -1.82. The summed E-state index contributed by atoms with van der Waals surface area (Å²) < 4.78 is 5.53. The molecule has 6 nitrogen and oxygen atoms in total. The zero-order valence-electron chi connectivity index (χ0n) is 18.1. The second kappa shape index (κ2) is 9.12. The van der Waals surface area contributed by atoms with Crippen LogP contribution in [0.15, 0.2) is 6.20 Å². The Labute approximate surface area is 169 Å². The molecule has 1 aromatic heterocycles. The van der Waals surface area contributed by atoms with Crippen LogP contribution in [-0.2, 0) is 6.54 Å². The zero-order chi connectivity index (χ0) is 20.3. The molecule has 1 aliphatic heterocycles. The highest BCUT2D eigenvalue weighted by Crippen LogP contribution is 2.33. The number of methoxy groups -OCH3 is 1. The number of carbonyl (C=O) groups is 1. The van der Waals surface area contributed by atoms with Crippen molar-refractivity contribution >= 4 is 6.03 Å². The number of aromatic nitrogens is 1. The lowest BCUT2D eigenvalue weighted by Crippen LogP contribution is -2.50. The summed E-state index contributed by atoms with van der Waals surface area (Å²) in [5, 5.41) is 3.17. The Bertz CT molecular complexity index is 681. The summed E-state index contributed by atoms with van der Waals surface area (Å²) in [6.07, 6.45) is 7.68. The van der Waals surface area contributed by atoms with Gasteiger partial charge >= 0.3 is 6.03 Å². The topological polar surface area (TPSA) is 57.7 Å². The third-order valence-electron chi connectivity index (χ3n) is 6.30. The predicted molar refractivity (Wildman–Crippen MR) is 112 cm³/mol. The minimum atomic E-state index is 0.0763. The molecule has 2 heterocycles. The molecule has 1 aliphatic carbocycles. The average molecular weight is 389 g/mol. The first-order valence-electron chi connectivity index (χ1n) is 10.6. The number of aryl methyl sites for hydroxylation is 1. The SMILES string of the molecule is COc1c(C)cnc(CN2CCC(N(C)C(=O)NC(C)CC3CC3)CC2)c1C. The van der Waals surface area contributed by atoms with Crippen molar-refractivity contribution in [1.29, 1.82) is 0 Å². The van der Waals surface area contributed by atoms with Crippen LogP contribution in [0.4, 0.5) is 4.79 Å². The van der Waals surface area contributed by atoms with Gasteiger partial charge in [0.2, 0.25) is 0 Å². The largest absolute Gasteiger partial charge is 0.496 e. The maximum atomic E-state index is 12.6. The van der Waals surface area contributed by atoms with Crippen LogP contribution < -0.4 is 10.1 Å². The van der Waals surface area contributed by atoms with Crippen molar-refractivity contribution in [2.45, 2.75) is 71.5 Å². The number of urea groups is 1. The number of piperidine rings is 1. The normalized spacial score (nSPS) is 19.3. The summed E-state index contributed by atoms with van der Waals surface area (Å²) in [5.74, 6) is 1.78. The first-order valence-corrected chi connectivity index (χ1v) is 10.6. The summed E-state index contributed by atoms with van der Waals surface area (Å²) in [6.45, 7) is 9.04. The van der Waals surface area contributed by atoms with Crippen molar-refractivity contribution in [3.63, 3.8) is 0 Å². The number of nitrogens with zero attached hydrogens (tertiary/aromatic N) is 3. The van der Waals surface area contributed by atoms with Crippen LogP contribution in [-0.4, -0.2) is 60.1 Å². The number of likely N-dealkylation sites (tertiary alicyclic amines) is 1. The van der Waals surface area contributed by atoms with Crippen LogP contribution in [0.5, 0.6) is 5.75 Å². The Morgan fingerprint density at radius 2 is 2.00 bits per heavy atom. The molecule has 0 radical (unpaired) electrons. The van der Waals surface area contributed by atoms with E-state index in [1.807, 2.05) is 25.1 Å². The van der Waals surface area contributed by atoms with E-state index in [0.29, 0.717) is 6.04 Å². The van der Waals surface area contributed by atoms with Crippen molar-refractivity contribution in [2.75, 3.05) is 27.2 Å². The minimum absolute atomic E-state index is 0.0763.